The first kappa shape index (κ1) is 23.1. The molecule has 0 saturated heterocycles. The number of benzene rings is 3. The van der Waals surface area contributed by atoms with E-state index in [1.54, 1.807) is 12.1 Å². The molecule has 1 nitrogen and oxygen atoms in total. The van der Waals surface area contributed by atoms with E-state index in [1.807, 2.05) is 6.07 Å². The van der Waals surface area contributed by atoms with Crippen LogP contribution < -0.4 is 4.74 Å². The summed E-state index contributed by atoms with van der Waals surface area (Å²) in [6.45, 7) is 4.98. The quantitative estimate of drug-likeness (QED) is 0.267. The molecule has 31 heavy (non-hydrogen) atoms. The van der Waals surface area contributed by atoms with Crippen LogP contribution in [-0.4, -0.2) is 6.61 Å². The van der Waals surface area contributed by atoms with Gasteiger partial charge in [-0.05, 0) is 59.2 Å². The summed E-state index contributed by atoms with van der Waals surface area (Å²) in [4.78, 5) is 0. The van der Waals surface area contributed by atoms with Gasteiger partial charge in [-0.2, -0.15) is 0 Å². The maximum atomic E-state index is 14.5. The van der Waals surface area contributed by atoms with Crippen LogP contribution >= 0.6 is 0 Å². The Morgan fingerprint density at radius 2 is 1.16 bits per heavy atom. The minimum absolute atomic E-state index is 0.296. The molecular formula is C29H35FO. The Morgan fingerprint density at radius 1 is 0.613 bits per heavy atom. The summed E-state index contributed by atoms with van der Waals surface area (Å²) in [6.07, 6.45) is 9.43. The highest BCUT2D eigenvalue weighted by atomic mass is 19.1. The van der Waals surface area contributed by atoms with Gasteiger partial charge < -0.3 is 4.74 Å². The number of halogens is 1. The lowest BCUT2D eigenvalue weighted by Gasteiger charge is -2.10. The third-order valence-electron chi connectivity index (χ3n) is 5.76. The van der Waals surface area contributed by atoms with E-state index in [4.69, 9.17) is 4.74 Å². The standard InChI is InChI=1S/C29H35FO/c1-3-5-7-9-21-31-29-20-19-27(22-28(29)30)26-17-15-25(16-18-26)24-13-11-23(12-14-24)10-8-6-4-2/h11-20,22H,3-10,21H2,1-2H3. The summed E-state index contributed by atoms with van der Waals surface area (Å²) >= 11 is 0. The second-order valence-corrected chi connectivity index (χ2v) is 8.29. The second-order valence-electron chi connectivity index (χ2n) is 8.29. The van der Waals surface area contributed by atoms with E-state index in [9.17, 15) is 4.39 Å². The Kier molecular flexibility index (Phi) is 9.15. The third kappa shape index (κ3) is 6.95. The highest BCUT2D eigenvalue weighted by Gasteiger charge is 2.07. The van der Waals surface area contributed by atoms with E-state index >= 15 is 0 Å². The molecule has 0 atom stereocenters. The predicted molar refractivity (Wildman–Crippen MR) is 130 cm³/mol. The van der Waals surface area contributed by atoms with Crippen molar-refractivity contribution in [3.05, 3.63) is 78.1 Å². The lowest BCUT2D eigenvalue weighted by molar-refractivity contribution is 0.290. The number of rotatable bonds is 12. The molecule has 164 valence electrons. The van der Waals surface area contributed by atoms with Crippen LogP contribution in [0.15, 0.2) is 66.7 Å². The van der Waals surface area contributed by atoms with Crippen molar-refractivity contribution in [1.29, 1.82) is 0 Å². The lowest BCUT2D eigenvalue weighted by atomic mass is 9.98. The molecule has 2 heteroatoms. The summed E-state index contributed by atoms with van der Waals surface area (Å²) in [5, 5.41) is 0. The Balaban J connectivity index is 1.61. The van der Waals surface area contributed by atoms with Crippen molar-refractivity contribution >= 4 is 0 Å². The fourth-order valence-electron chi connectivity index (χ4n) is 3.81. The van der Waals surface area contributed by atoms with Crippen molar-refractivity contribution in [3.8, 4) is 28.0 Å². The molecular weight excluding hydrogens is 383 g/mol. The van der Waals surface area contributed by atoms with Gasteiger partial charge in [0, 0.05) is 0 Å². The SMILES string of the molecule is CCCCCCOc1ccc(-c2ccc(-c3ccc(CCCCC)cc3)cc2)cc1F. The molecule has 0 heterocycles. The van der Waals surface area contributed by atoms with Crippen LogP contribution in [0.25, 0.3) is 22.3 Å². The minimum Gasteiger partial charge on any atom is -0.491 e. The lowest BCUT2D eigenvalue weighted by Crippen LogP contribution is -1.99. The van der Waals surface area contributed by atoms with Gasteiger partial charge >= 0.3 is 0 Å². The van der Waals surface area contributed by atoms with Gasteiger partial charge in [-0.15, -0.1) is 0 Å². The van der Waals surface area contributed by atoms with Gasteiger partial charge in [0.1, 0.15) is 0 Å². The minimum atomic E-state index is -0.296. The smallest absolute Gasteiger partial charge is 0.165 e. The van der Waals surface area contributed by atoms with Crippen LogP contribution in [0.4, 0.5) is 4.39 Å². The normalized spacial score (nSPS) is 10.9. The monoisotopic (exact) mass is 418 g/mol. The van der Waals surface area contributed by atoms with Crippen LogP contribution in [0.2, 0.25) is 0 Å². The van der Waals surface area contributed by atoms with Crippen molar-refractivity contribution in [3.63, 3.8) is 0 Å². The molecule has 3 rings (SSSR count). The Labute approximate surface area is 187 Å². The molecule has 0 fully saturated rings. The van der Waals surface area contributed by atoms with Gasteiger partial charge in [-0.3, -0.25) is 0 Å². The zero-order valence-corrected chi connectivity index (χ0v) is 19.0. The largest absolute Gasteiger partial charge is 0.491 e. The van der Waals surface area contributed by atoms with Crippen molar-refractivity contribution in [2.24, 2.45) is 0 Å². The molecule has 0 aliphatic carbocycles. The number of aryl methyl sites for hydroxylation is 1. The number of unbranched alkanes of at least 4 members (excludes halogenated alkanes) is 5. The van der Waals surface area contributed by atoms with Crippen molar-refractivity contribution in [1.82, 2.24) is 0 Å². The third-order valence-corrected chi connectivity index (χ3v) is 5.76. The highest BCUT2D eigenvalue weighted by molar-refractivity contribution is 5.71. The zero-order chi connectivity index (χ0) is 21.9. The van der Waals surface area contributed by atoms with E-state index in [2.05, 4.69) is 62.4 Å². The Hall–Kier alpha value is -2.61. The first-order chi connectivity index (χ1) is 15.2. The van der Waals surface area contributed by atoms with Crippen molar-refractivity contribution < 1.29 is 9.13 Å². The van der Waals surface area contributed by atoms with Gasteiger partial charge in [0.05, 0.1) is 6.61 Å². The fourth-order valence-corrected chi connectivity index (χ4v) is 3.81. The molecule has 0 aliphatic rings. The Morgan fingerprint density at radius 3 is 1.77 bits per heavy atom. The number of hydrogen-bond acceptors (Lipinski definition) is 1. The average molecular weight is 419 g/mol. The van der Waals surface area contributed by atoms with Crippen molar-refractivity contribution in [2.45, 2.75) is 65.2 Å². The van der Waals surface area contributed by atoms with E-state index in [0.29, 0.717) is 12.4 Å². The second kappa shape index (κ2) is 12.3. The fraction of sp³-hybridized carbons (Fsp3) is 0.379. The summed E-state index contributed by atoms with van der Waals surface area (Å²) in [5.41, 5.74) is 5.67. The Bertz CT molecular complexity index is 912. The maximum absolute atomic E-state index is 14.5. The summed E-state index contributed by atoms with van der Waals surface area (Å²) in [6, 6.07) is 22.4. The molecule has 0 radical (unpaired) electrons. The van der Waals surface area contributed by atoms with E-state index in [0.717, 1.165) is 30.4 Å². The predicted octanol–water partition coefficient (Wildman–Crippen LogP) is 8.85. The molecule has 0 N–H and O–H groups in total. The molecule has 0 unspecified atom stereocenters. The first-order valence-electron chi connectivity index (χ1n) is 11.8. The molecule has 3 aromatic rings. The topological polar surface area (TPSA) is 9.23 Å². The summed E-state index contributed by atoms with van der Waals surface area (Å²) in [7, 11) is 0. The van der Waals surface area contributed by atoms with Gasteiger partial charge in [0.25, 0.3) is 0 Å². The molecule has 0 amide bonds. The maximum Gasteiger partial charge on any atom is 0.165 e. The van der Waals surface area contributed by atoms with Gasteiger partial charge in [-0.1, -0.05) is 101 Å². The van der Waals surface area contributed by atoms with Crippen LogP contribution in [-0.2, 0) is 6.42 Å². The van der Waals surface area contributed by atoms with Gasteiger partial charge in [-0.25, -0.2) is 4.39 Å². The molecule has 3 aromatic carbocycles. The molecule has 0 bridgehead atoms. The summed E-state index contributed by atoms with van der Waals surface area (Å²) < 4.78 is 20.1. The van der Waals surface area contributed by atoms with Crippen molar-refractivity contribution in [2.75, 3.05) is 6.61 Å². The van der Waals surface area contributed by atoms with Crippen LogP contribution in [0.5, 0.6) is 5.75 Å². The number of hydrogen-bond donors (Lipinski definition) is 0. The molecule has 0 saturated carbocycles. The molecule has 0 aliphatic heterocycles. The molecule has 0 spiro atoms. The average Bonchev–Trinajstić information content (AvgIpc) is 2.80. The van der Waals surface area contributed by atoms with Gasteiger partial charge in [0.15, 0.2) is 11.6 Å². The van der Waals surface area contributed by atoms with E-state index in [1.165, 1.54) is 48.8 Å². The van der Waals surface area contributed by atoms with E-state index in [-0.39, 0.29) is 5.82 Å². The van der Waals surface area contributed by atoms with Crippen LogP contribution in [0.3, 0.4) is 0 Å². The zero-order valence-electron chi connectivity index (χ0n) is 19.0. The van der Waals surface area contributed by atoms with Crippen LogP contribution in [0.1, 0.15) is 64.4 Å². The molecule has 0 aromatic heterocycles. The first-order valence-corrected chi connectivity index (χ1v) is 11.8. The van der Waals surface area contributed by atoms with E-state index < -0.39 is 0 Å². The number of ether oxygens (including phenoxy) is 1. The van der Waals surface area contributed by atoms with Crippen LogP contribution in [0, 0.1) is 5.82 Å². The van der Waals surface area contributed by atoms with Gasteiger partial charge in [0.2, 0.25) is 0 Å². The summed E-state index contributed by atoms with van der Waals surface area (Å²) in [5.74, 6) is 0.0478. The highest BCUT2D eigenvalue weighted by Crippen LogP contribution is 2.28.